The number of carbonyl (C=O) groups is 2. The smallest absolute Gasteiger partial charge is 0.270 e. The number of aryl methyl sites for hydroxylation is 1. The minimum absolute atomic E-state index is 0.0398. The Balaban J connectivity index is 3.33. The van der Waals surface area contributed by atoms with Crippen molar-refractivity contribution >= 4 is 11.7 Å². The van der Waals surface area contributed by atoms with E-state index in [0.717, 1.165) is 11.3 Å². The second kappa shape index (κ2) is 6.65. The fourth-order valence-corrected chi connectivity index (χ4v) is 2.80. The van der Waals surface area contributed by atoms with Crippen LogP contribution in [0.1, 0.15) is 79.6 Å². The number of Topliss-reactive ketones (excluding diaryl/α,β-unsaturated/α-hetero) is 1. The van der Waals surface area contributed by atoms with E-state index in [1.807, 2.05) is 27.7 Å². The van der Waals surface area contributed by atoms with Gasteiger partial charge in [-0.05, 0) is 46.1 Å². The van der Waals surface area contributed by atoms with Gasteiger partial charge in [-0.1, -0.05) is 13.8 Å². The van der Waals surface area contributed by atoms with Crippen molar-refractivity contribution < 1.29 is 14.7 Å². The molecule has 1 aromatic heterocycles. The van der Waals surface area contributed by atoms with E-state index in [-0.39, 0.29) is 24.2 Å². The number of nitrogens with one attached hydrogen (secondary N) is 1. The monoisotopic (exact) mass is 308 g/mol. The first-order valence-corrected chi connectivity index (χ1v) is 7.74. The van der Waals surface area contributed by atoms with Gasteiger partial charge in [-0.2, -0.15) is 0 Å². The number of rotatable bonds is 6. The highest BCUT2D eigenvalue weighted by Gasteiger charge is 2.29. The molecule has 0 fully saturated rings. The van der Waals surface area contributed by atoms with Gasteiger partial charge in [-0.15, -0.1) is 0 Å². The number of aromatic amines is 1. The third kappa shape index (κ3) is 3.97. The molecule has 22 heavy (non-hydrogen) atoms. The summed E-state index contributed by atoms with van der Waals surface area (Å²) in [6, 6.07) is 0. The van der Waals surface area contributed by atoms with Crippen molar-refractivity contribution in [2.75, 3.05) is 13.1 Å². The quantitative estimate of drug-likeness (QED) is 0.794. The Morgan fingerprint density at radius 2 is 1.86 bits per heavy atom. The van der Waals surface area contributed by atoms with Gasteiger partial charge < -0.3 is 15.0 Å². The predicted molar refractivity (Wildman–Crippen MR) is 87.5 cm³/mol. The number of H-pyrrole nitrogens is 1. The lowest BCUT2D eigenvalue weighted by Crippen LogP contribution is -2.42. The second-order valence-electron chi connectivity index (χ2n) is 6.76. The van der Waals surface area contributed by atoms with Crippen LogP contribution in [0.4, 0.5) is 0 Å². The summed E-state index contributed by atoms with van der Waals surface area (Å²) in [5, 5.41) is 9.98. The lowest BCUT2D eigenvalue weighted by molar-refractivity contribution is 0.0311. The summed E-state index contributed by atoms with van der Waals surface area (Å²) in [4.78, 5) is 29.4. The van der Waals surface area contributed by atoms with Crippen LogP contribution in [0.15, 0.2) is 0 Å². The molecule has 0 aliphatic carbocycles. The molecule has 0 atom stereocenters. The molecule has 2 N–H and O–H groups in total. The molecule has 0 spiro atoms. The van der Waals surface area contributed by atoms with Crippen LogP contribution in [0.5, 0.6) is 0 Å². The van der Waals surface area contributed by atoms with Gasteiger partial charge >= 0.3 is 0 Å². The predicted octanol–water partition coefficient (Wildman–Crippen LogP) is 2.88. The number of amides is 1. The van der Waals surface area contributed by atoms with Crippen molar-refractivity contribution in [2.24, 2.45) is 0 Å². The highest BCUT2D eigenvalue weighted by Crippen LogP contribution is 2.28. The molecule has 0 radical (unpaired) electrons. The molecule has 0 unspecified atom stereocenters. The van der Waals surface area contributed by atoms with Gasteiger partial charge in [0.1, 0.15) is 5.69 Å². The average molecular weight is 308 g/mol. The molecule has 1 heterocycles. The molecule has 0 aliphatic rings. The standard InChI is InChI=1S/C17H28N2O3/c1-8-19(9-17(6,7)22)16(21)15-13(10(2)3)14(12(5)20)11(4)18-15/h10,18,22H,8-9H2,1-7H3. The zero-order valence-corrected chi connectivity index (χ0v) is 14.7. The van der Waals surface area contributed by atoms with Crippen molar-refractivity contribution in [3.63, 3.8) is 0 Å². The Bertz CT molecular complexity index is 565. The topological polar surface area (TPSA) is 73.4 Å². The van der Waals surface area contributed by atoms with Crippen molar-refractivity contribution in [3.8, 4) is 0 Å². The van der Waals surface area contributed by atoms with Gasteiger partial charge in [0.25, 0.3) is 5.91 Å². The summed E-state index contributed by atoms with van der Waals surface area (Å²) < 4.78 is 0. The highest BCUT2D eigenvalue weighted by atomic mass is 16.3. The maximum Gasteiger partial charge on any atom is 0.270 e. The van der Waals surface area contributed by atoms with E-state index in [0.29, 0.717) is 17.8 Å². The molecular formula is C17H28N2O3. The van der Waals surface area contributed by atoms with E-state index in [9.17, 15) is 14.7 Å². The first-order chi connectivity index (χ1) is 9.99. The molecule has 0 saturated carbocycles. The highest BCUT2D eigenvalue weighted by molar-refractivity contribution is 6.03. The summed E-state index contributed by atoms with van der Waals surface area (Å²) in [6.45, 7) is 13.2. The second-order valence-corrected chi connectivity index (χ2v) is 6.76. The van der Waals surface area contributed by atoms with Crippen LogP contribution in [-0.4, -0.2) is 45.4 Å². The number of hydrogen-bond acceptors (Lipinski definition) is 3. The molecule has 1 rings (SSSR count). The minimum Gasteiger partial charge on any atom is -0.389 e. The van der Waals surface area contributed by atoms with Crippen LogP contribution in [-0.2, 0) is 0 Å². The van der Waals surface area contributed by atoms with Crippen LogP contribution < -0.4 is 0 Å². The van der Waals surface area contributed by atoms with Gasteiger partial charge in [0.15, 0.2) is 5.78 Å². The lowest BCUT2D eigenvalue weighted by Gasteiger charge is -2.28. The van der Waals surface area contributed by atoms with Gasteiger partial charge in [-0.25, -0.2) is 0 Å². The van der Waals surface area contributed by atoms with Crippen LogP contribution >= 0.6 is 0 Å². The molecule has 0 bridgehead atoms. The van der Waals surface area contributed by atoms with Gasteiger partial charge in [-0.3, -0.25) is 9.59 Å². The number of ketones is 1. The SMILES string of the molecule is CCN(CC(C)(C)O)C(=O)c1[nH]c(C)c(C(C)=O)c1C(C)C. The molecule has 0 aromatic carbocycles. The Hall–Kier alpha value is -1.62. The van der Waals surface area contributed by atoms with E-state index in [2.05, 4.69) is 4.98 Å². The first kappa shape index (κ1) is 18.4. The largest absolute Gasteiger partial charge is 0.389 e. The number of likely N-dealkylation sites (N-methyl/N-ethyl adjacent to an activating group) is 1. The fourth-order valence-electron chi connectivity index (χ4n) is 2.80. The van der Waals surface area contributed by atoms with Crippen LogP contribution in [0, 0.1) is 6.92 Å². The molecule has 5 heteroatoms. The van der Waals surface area contributed by atoms with E-state index in [1.54, 1.807) is 18.7 Å². The molecule has 0 saturated heterocycles. The number of hydrogen-bond donors (Lipinski definition) is 2. The van der Waals surface area contributed by atoms with E-state index in [1.165, 1.54) is 6.92 Å². The van der Waals surface area contributed by atoms with E-state index >= 15 is 0 Å². The van der Waals surface area contributed by atoms with Crippen molar-refractivity contribution in [1.82, 2.24) is 9.88 Å². The molecule has 5 nitrogen and oxygen atoms in total. The third-order valence-corrected chi connectivity index (χ3v) is 3.62. The Kier molecular flexibility index (Phi) is 5.57. The maximum atomic E-state index is 12.8. The summed E-state index contributed by atoms with van der Waals surface area (Å²) in [6.07, 6.45) is 0. The average Bonchev–Trinajstić information content (AvgIpc) is 2.71. The van der Waals surface area contributed by atoms with Crippen molar-refractivity contribution in [2.45, 2.75) is 60.0 Å². The Morgan fingerprint density at radius 3 is 2.23 bits per heavy atom. The summed E-state index contributed by atoms with van der Waals surface area (Å²) in [5.41, 5.74) is 1.60. The normalized spacial score (nSPS) is 11.9. The zero-order valence-electron chi connectivity index (χ0n) is 14.7. The van der Waals surface area contributed by atoms with Crippen LogP contribution in [0.3, 0.4) is 0 Å². The van der Waals surface area contributed by atoms with E-state index < -0.39 is 5.60 Å². The number of nitrogens with zero attached hydrogens (tertiary/aromatic N) is 1. The van der Waals surface area contributed by atoms with Crippen molar-refractivity contribution in [1.29, 1.82) is 0 Å². The summed E-state index contributed by atoms with van der Waals surface area (Å²) in [7, 11) is 0. The molecule has 1 aromatic rings. The maximum absolute atomic E-state index is 12.8. The van der Waals surface area contributed by atoms with Gasteiger partial charge in [0.2, 0.25) is 0 Å². The molecule has 1 amide bonds. The zero-order chi connectivity index (χ0) is 17.2. The minimum atomic E-state index is -0.964. The molecule has 124 valence electrons. The Morgan fingerprint density at radius 1 is 1.32 bits per heavy atom. The van der Waals surface area contributed by atoms with Crippen molar-refractivity contribution in [3.05, 3.63) is 22.5 Å². The van der Waals surface area contributed by atoms with Crippen LogP contribution in [0.2, 0.25) is 0 Å². The van der Waals surface area contributed by atoms with Gasteiger partial charge in [0.05, 0.1) is 5.60 Å². The lowest BCUT2D eigenvalue weighted by atomic mass is 9.95. The number of carbonyl (C=O) groups excluding carboxylic acids is 2. The molecule has 0 aliphatic heterocycles. The third-order valence-electron chi connectivity index (χ3n) is 3.62. The van der Waals surface area contributed by atoms with Gasteiger partial charge in [0, 0.05) is 24.3 Å². The first-order valence-electron chi connectivity index (χ1n) is 7.74. The Labute approximate surface area is 132 Å². The fraction of sp³-hybridized carbons (Fsp3) is 0.647. The number of aliphatic hydroxyl groups is 1. The van der Waals surface area contributed by atoms with Crippen LogP contribution in [0.25, 0.3) is 0 Å². The van der Waals surface area contributed by atoms with E-state index in [4.69, 9.17) is 0 Å². The summed E-state index contributed by atoms with van der Waals surface area (Å²) >= 11 is 0. The number of aromatic nitrogens is 1. The molecular weight excluding hydrogens is 280 g/mol. The summed E-state index contributed by atoms with van der Waals surface area (Å²) in [5.74, 6) is -0.158.